The quantitative estimate of drug-likeness (QED) is 0.828. The maximum absolute atomic E-state index is 13.9. The van der Waals surface area contributed by atoms with Crippen LogP contribution in [-0.2, 0) is 0 Å². The van der Waals surface area contributed by atoms with Gasteiger partial charge in [-0.05, 0) is 37.6 Å². The smallest absolute Gasteiger partial charge is 0.167 e. The van der Waals surface area contributed by atoms with E-state index < -0.39 is 0 Å². The first-order chi connectivity index (χ1) is 11.2. The molecular formula is C18H23ClFN3O. The number of methoxy groups -OCH3 is 1. The third kappa shape index (κ3) is 3.15. The molecular weight excluding hydrogens is 329 g/mol. The van der Waals surface area contributed by atoms with Crippen LogP contribution in [0.3, 0.4) is 0 Å². The zero-order valence-electron chi connectivity index (χ0n) is 13.9. The summed E-state index contributed by atoms with van der Waals surface area (Å²) >= 11 is 0. The van der Waals surface area contributed by atoms with Crippen LogP contribution in [0.4, 0.5) is 10.2 Å². The highest BCUT2D eigenvalue weighted by molar-refractivity contribution is 5.85. The van der Waals surface area contributed by atoms with Gasteiger partial charge in [-0.15, -0.1) is 12.4 Å². The molecule has 0 radical (unpaired) electrons. The first kappa shape index (κ1) is 17.2. The van der Waals surface area contributed by atoms with Crippen molar-refractivity contribution in [2.45, 2.75) is 25.3 Å². The molecule has 2 fully saturated rings. The van der Waals surface area contributed by atoms with Crippen molar-refractivity contribution in [3.8, 4) is 5.75 Å². The fraction of sp³-hybridized carbons (Fsp3) is 0.500. The minimum absolute atomic E-state index is 0. The fourth-order valence-corrected chi connectivity index (χ4v) is 3.81. The van der Waals surface area contributed by atoms with E-state index in [2.05, 4.69) is 14.8 Å². The number of halogens is 2. The van der Waals surface area contributed by atoms with E-state index in [1.165, 1.54) is 39.0 Å². The van der Waals surface area contributed by atoms with Gasteiger partial charge in [0.25, 0.3) is 0 Å². The van der Waals surface area contributed by atoms with Gasteiger partial charge in [-0.2, -0.15) is 0 Å². The number of benzene rings is 1. The summed E-state index contributed by atoms with van der Waals surface area (Å²) in [6.45, 7) is 4.35. The number of piperazine rings is 1. The maximum Gasteiger partial charge on any atom is 0.167 e. The Morgan fingerprint density at radius 3 is 2.88 bits per heavy atom. The van der Waals surface area contributed by atoms with Crippen molar-refractivity contribution in [2.24, 2.45) is 0 Å². The lowest BCUT2D eigenvalue weighted by atomic mass is 9.99. The van der Waals surface area contributed by atoms with Gasteiger partial charge in [0.2, 0.25) is 0 Å². The average molecular weight is 352 g/mol. The van der Waals surface area contributed by atoms with Crippen molar-refractivity contribution < 1.29 is 9.13 Å². The first-order valence-corrected chi connectivity index (χ1v) is 8.38. The molecule has 3 heterocycles. The van der Waals surface area contributed by atoms with Gasteiger partial charge in [-0.3, -0.25) is 4.90 Å². The summed E-state index contributed by atoms with van der Waals surface area (Å²) in [6.07, 6.45) is 3.92. The molecule has 2 aromatic rings. The lowest BCUT2D eigenvalue weighted by Crippen LogP contribution is -2.55. The number of anilines is 1. The van der Waals surface area contributed by atoms with Gasteiger partial charge in [0.1, 0.15) is 5.82 Å². The first-order valence-electron chi connectivity index (χ1n) is 8.38. The lowest BCUT2D eigenvalue weighted by Gasteiger charge is -2.44. The summed E-state index contributed by atoms with van der Waals surface area (Å²) in [6, 6.07) is 7.86. The number of pyridine rings is 1. The molecule has 2 saturated heterocycles. The predicted molar refractivity (Wildman–Crippen MR) is 96.9 cm³/mol. The molecule has 0 saturated carbocycles. The minimum Gasteiger partial charge on any atom is -0.494 e. The summed E-state index contributed by atoms with van der Waals surface area (Å²) < 4.78 is 19.0. The number of aromatic nitrogens is 1. The van der Waals surface area contributed by atoms with E-state index in [1.807, 2.05) is 12.1 Å². The molecule has 1 aromatic heterocycles. The number of piperidine rings is 1. The number of ether oxygens (including phenoxy) is 1. The molecule has 0 spiro atoms. The summed E-state index contributed by atoms with van der Waals surface area (Å²) in [5.74, 6) is 0.858. The van der Waals surface area contributed by atoms with E-state index in [4.69, 9.17) is 4.74 Å². The van der Waals surface area contributed by atoms with Crippen LogP contribution in [0.15, 0.2) is 24.3 Å². The molecule has 0 aliphatic carbocycles. The second-order valence-corrected chi connectivity index (χ2v) is 6.48. The Balaban J connectivity index is 0.00000169. The summed E-state index contributed by atoms with van der Waals surface area (Å²) in [5.41, 5.74) is 0.687. The van der Waals surface area contributed by atoms with E-state index >= 15 is 0 Å². The Labute approximate surface area is 148 Å². The van der Waals surface area contributed by atoms with Crippen molar-refractivity contribution in [3.63, 3.8) is 0 Å². The fourth-order valence-electron chi connectivity index (χ4n) is 3.81. The van der Waals surface area contributed by atoms with Gasteiger partial charge < -0.3 is 9.64 Å². The summed E-state index contributed by atoms with van der Waals surface area (Å²) in [4.78, 5) is 9.63. The topological polar surface area (TPSA) is 28.6 Å². The largest absolute Gasteiger partial charge is 0.494 e. The van der Waals surface area contributed by atoms with Gasteiger partial charge in [0.05, 0.1) is 12.6 Å². The SMILES string of the molecule is COc1cc2ccc(N3CCN4CCCC[C@@H]4C3)nc2cc1F.Cl. The normalized spacial score (nSPS) is 21.2. The van der Waals surface area contributed by atoms with Gasteiger partial charge in [0, 0.05) is 37.1 Å². The van der Waals surface area contributed by atoms with Crippen molar-refractivity contribution in [1.29, 1.82) is 0 Å². The van der Waals surface area contributed by atoms with Crippen molar-refractivity contribution in [2.75, 3.05) is 38.2 Å². The van der Waals surface area contributed by atoms with Gasteiger partial charge in [-0.1, -0.05) is 6.42 Å². The van der Waals surface area contributed by atoms with Crippen LogP contribution >= 0.6 is 12.4 Å². The molecule has 1 aromatic carbocycles. The Morgan fingerprint density at radius 2 is 2.04 bits per heavy atom. The molecule has 6 heteroatoms. The van der Waals surface area contributed by atoms with Gasteiger partial charge >= 0.3 is 0 Å². The molecule has 1 atom stereocenters. The highest BCUT2D eigenvalue weighted by Crippen LogP contribution is 2.28. The van der Waals surface area contributed by atoms with Crippen molar-refractivity contribution in [1.82, 2.24) is 9.88 Å². The van der Waals surface area contributed by atoms with Crippen LogP contribution in [0, 0.1) is 5.82 Å². The van der Waals surface area contributed by atoms with Crippen LogP contribution in [0.1, 0.15) is 19.3 Å². The Hall–Kier alpha value is -1.59. The summed E-state index contributed by atoms with van der Waals surface area (Å²) in [7, 11) is 1.48. The van der Waals surface area contributed by atoms with Crippen LogP contribution in [0.5, 0.6) is 5.75 Å². The minimum atomic E-state index is -0.359. The Kier molecular flexibility index (Phi) is 5.11. The number of rotatable bonds is 2. The second-order valence-electron chi connectivity index (χ2n) is 6.48. The second kappa shape index (κ2) is 7.11. The molecule has 24 heavy (non-hydrogen) atoms. The van der Waals surface area contributed by atoms with Gasteiger partial charge in [0.15, 0.2) is 11.6 Å². The maximum atomic E-state index is 13.9. The predicted octanol–water partition coefficient (Wildman–Crippen LogP) is 3.48. The molecule has 0 N–H and O–H groups in total. The highest BCUT2D eigenvalue weighted by Gasteiger charge is 2.29. The molecule has 2 aliphatic heterocycles. The van der Waals surface area contributed by atoms with Crippen LogP contribution in [0.25, 0.3) is 10.9 Å². The lowest BCUT2D eigenvalue weighted by molar-refractivity contribution is 0.133. The molecule has 0 unspecified atom stereocenters. The van der Waals surface area contributed by atoms with Gasteiger partial charge in [-0.25, -0.2) is 9.37 Å². The number of hydrogen-bond acceptors (Lipinski definition) is 4. The standard InChI is InChI=1S/C18H22FN3O.ClH/c1-23-17-10-13-5-6-18(20-16(13)11-15(17)19)22-9-8-21-7-3-2-4-14(21)12-22;/h5-6,10-11,14H,2-4,7-9,12H2,1H3;1H/t14-;/m1./s1. The molecule has 130 valence electrons. The molecule has 0 amide bonds. The highest BCUT2D eigenvalue weighted by atomic mass is 35.5. The number of hydrogen-bond donors (Lipinski definition) is 0. The summed E-state index contributed by atoms with van der Waals surface area (Å²) in [5, 5.41) is 0.906. The molecule has 4 rings (SSSR count). The van der Waals surface area contributed by atoms with Crippen LogP contribution < -0.4 is 9.64 Å². The number of nitrogens with zero attached hydrogens (tertiary/aromatic N) is 3. The van der Waals surface area contributed by atoms with Crippen LogP contribution in [0.2, 0.25) is 0 Å². The zero-order valence-corrected chi connectivity index (χ0v) is 14.7. The molecule has 4 nitrogen and oxygen atoms in total. The van der Waals surface area contributed by atoms with E-state index in [9.17, 15) is 4.39 Å². The molecule has 2 aliphatic rings. The van der Waals surface area contributed by atoms with E-state index in [0.717, 1.165) is 30.8 Å². The van der Waals surface area contributed by atoms with Crippen molar-refractivity contribution >= 4 is 29.1 Å². The Bertz CT molecular complexity index is 727. The third-order valence-corrected chi connectivity index (χ3v) is 5.11. The monoisotopic (exact) mass is 351 g/mol. The van der Waals surface area contributed by atoms with E-state index in [0.29, 0.717) is 11.6 Å². The Morgan fingerprint density at radius 1 is 1.17 bits per heavy atom. The molecule has 0 bridgehead atoms. The van der Waals surface area contributed by atoms with E-state index in [-0.39, 0.29) is 24.0 Å². The third-order valence-electron chi connectivity index (χ3n) is 5.11. The van der Waals surface area contributed by atoms with Crippen molar-refractivity contribution in [3.05, 3.63) is 30.1 Å². The average Bonchev–Trinajstić information content (AvgIpc) is 2.60. The number of fused-ring (bicyclic) bond motifs is 2. The zero-order chi connectivity index (χ0) is 15.8. The van der Waals surface area contributed by atoms with E-state index in [1.54, 1.807) is 6.07 Å². The van der Waals surface area contributed by atoms with Crippen LogP contribution in [-0.4, -0.2) is 49.2 Å².